The fourth-order valence-corrected chi connectivity index (χ4v) is 2.06. The fraction of sp³-hybridized carbons (Fsp3) is 0.0769. The summed E-state index contributed by atoms with van der Waals surface area (Å²) in [5, 5.41) is 13.3. The lowest BCUT2D eigenvalue weighted by molar-refractivity contribution is 0.415. The number of nitriles is 1. The van der Waals surface area contributed by atoms with Crippen molar-refractivity contribution in [3.8, 4) is 23.1 Å². The molecular formula is C13H10N6O2. The lowest BCUT2D eigenvalue weighted by atomic mass is 10.1. The molecule has 104 valence electrons. The predicted octanol–water partition coefficient (Wildman–Crippen LogP) is 0.547. The van der Waals surface area contributed by atoms with Gasteiger partial charge >= 0.3 is 0 Å². The van der Waals surface area contributed by atoms with Gasteiger partial charge in [0.05, 0.1) is 12.8 Å². The molecule has 3 aromatic rings. The molecule has 3 N–H and O–H groups in total. The van der Waals surface area contributed by atoms with Crippen molar-refractivity contribution >= 4 is 11.7 Å². The molecule has 0 saturated heterocycles. The zero-order chi connectivity index (χ0) is 15.0. The number of nitrogens with two attached hydrogens (primary N) is 1. The number of ether oxygens (including phenoxy) is 1. The number of nitrogens with zero attached hydrogens (tertiary/aromatic N) is 4. The van der Waals surface area contributed by atoms with E-state index in [0.29, 0.717) is 17.0 Å². The van der Waals surface area contributed by atoms with Crippen molar-refractivity contribution in [1.29, 1.82) is 5.26 Å². The molecule has 8 nitrogen and oxygen atoms in total. The van der Waals surface area contributed by atoms with Crippen LogP contribution in [0.5, 0.6) is 5.75 Å². The molecule has 2 heterocycles. The van der Waals surface area contributed by atoms with Gasteiger partial charge in [-0.05, 0) is 24.3 Å². The average molecular weight is 282 g/mol. The summed E-state index contributed by atoms with van der Waals surface area (Å²) in [5.74, 6) is 0.856. The molecule has 3 rings (SSSR count). The Balaban J connectivity index is 2.38. The molecule has 1 aromatic carbocycles. The van der Waals surface area contributed by atoms with E-state index in [2.05, 4.69) is 15.1 Å². The van der Waals surface area contributed by atoms with E-state index >= 15 is 0 Å². The van der Waals surface area contributed by atoms with Crippen LogP contribution in [0.3, 0.4) is 0 Å². The van der Waals surface area contributed by atoms with Crippen molar-refractivity contribution in [2.75, 3.05) is 12.8 Å². The molecular weight excluding hydrogens is 272 g/mol. The lowest BCUT2D eigenvalue weighted by Crippen LogP contribution is -2.16. The van der Waals surface area contributed by atoms with Gasteiger partial charge in [-0.2, -0.15) is 14.8 Å². The Bertz CT molecular complexity index is 917. The first-order valence-electron chi connectivity index (χ1n) is 5.97. The number of aromatic amines is 1. The summed E-state index contributed by atoms with van der Waals surface area (Å²) in [6, 6.07) is 8.80. The molecule has 0 aliphatic carbocycles. The molecule has 0 amide bonds. The van der Waals surface area contributed by atoms with E-state index in [-0.39, 0.29) is 17.3 Å². The molecule has 0 radical (unpaired) electrons. The van der Waals surface area contributed by atoms with Crippen LogP contribution >= 0.6 is 0 Å². The van der Waals surface area contributed by atoms with Crippen molar-refractivity contribution in [2.45, 2.75) is 0 Å². The highest BCUT2D eigenvalue weighted by Crippen LogP contribution is 2.24. The maximum atomic E-state index is 12.0. The molecule has 0 fully saturated rings. The van der Waals surface area contributed by atoms with E-state index in [1.54, 1.807) is 31.4 Å². The maximum Gasteiger partial charge on any atom is 0.270 e. The molecule has 8 heteroatoms. The molecule has 0 aliphatic heterocycles. The number of nitrogens with one attached hydrogen (secondary N) is 1. The highest BCUT2D eigenvalue weighted by molar-refractivity contribution is 5.69. The summed E-state index contributed by atoms with van der Waals surface area (Å²) < 4.78 is 6.43. The molecule has 2 aromatic heterocycles. The SMILES string of the molecule is COc1ccc(-c2c(C#N)c(=O)[nH]c3nc(N)nn23)cc1. The Morgan fingerprint density at radius 2 is 2.10 bits per heavy atom. The van der Waals surface area contributed by atoms with Crippen molar-refractivity contribution in [3.63, 3.8) is 0 Å². The highest BCUT2D eigenvalue weighted by atomic mass is 16.5. The van der Waals surface area contributed by atoms with Gasteiger partial charge in [0.15, 0.2) is 0 Å². The minimum absolute atomic E-state index is 0.00972. The third-order valence-corrected chi connectivity index (χ3v) is 3.00. The molecule has 0 saturated carbocycles. The second-order valence-electron chi connectivity index (χ2n) is 4.22. The third-order valence-electron chi connectivity index (χ3n) is 3.00. The number of rotatable bonds is 2. The van der Waals surface area contributed by atoms with Gasteiger partial charge in [-0.3, -0.25) is 9.78 Å². The Morgan fingerprint density at radius 3 is 2.71 bits per heavy atom. The van der Waals surface area contributed by atoms with E-state index < -0.39 is 5.56 Å². The van der Waals surface area contributed by atoms with Gasteiger partial charge in [-0.25, -0.2) is 0 Å². The van der Waals surface area contributed by atoms with Crippen molar-refractivity contribution < 1.29 is 4.74 Å². The zero-order valence-electron chi connectivity index (χ0n) is 11.0. The summed E-state index contributed by atoms with van der Waals surface area (Å²) in [5.41, 5.74) is 5.93. The van der Waals surface area contributed by atoms with Crippen LogP contribution in [0.15, 0.2) is 29.1 Å². The normalized spacial score (nSPS) is 10.5. The number of hydrogen-bond donors (Lipinski definition) is 2. The Kier molecular flexibility index (Phi) is 2.80. The van der Waals surface area contributed by atoms with E-state index in [0.717, 1.165) is 0 Å². The molecule has 21 heavy (non-hydrogen) atoms. The Labute approximate surface area is 118 Å². The highest BCUT2D eigenvalue weighted by Gasteiger charge is 2.17. The number of anilines is 1. The first-order chi connectivity index (χ1) is 10.1. The van der Waals surface area contributed by atoms with Crippen LogP contribution in [0.25, 0.3) is 17.0 Å². The number of fused-ring (bicyclic) bond motifs is 1. The number of aromatic nitrogens is 4. The van der Waals surface area contributed by atoms with Gasteiger partial charge < -0.3 is 10.5 Å². The number of methoxy groups -OCH3 is 1. The second-order valence-corrected chi connectivity index (χ2v) is 4.22. The van der Waals surface area contributed by atoms with Crippen LogP contribution in [-0.2, 0) is 0 Å². The van der Waals surface area contributed by atoms with Crippen LogP contribution in [0, 0.1) is 11.3 Å². The molecule has 0 spiro atoms. The second kappa shape index (κ2) is 4.64. The standard InChI is InChI=1S/C13H10N6O2/c1-21-8-4-2-7(3-5-8)10-9(6-14)11(20)16-13-17-12(15)18-19(10)13/h2-5H,1H3,(H3,15,16,17,18,20). The fourth-order valence-electron chi connectivity index (χ4n) is 2.06. The van der Waals surface area contributed by atoms with Gasteiger partial charge in [-0.15, -0.1) is 5.10 Å². The van der Waals surface area contributed by atoms with Crippen LogP contribution in [0.4, 0.5) is 5.95 Å². The van der Waals surface area contributed by atoms with Crippen molar-refractivity contribution in [3.05, 3.63) is 40.2 Å². The lowest BCUT2D eigenvalue weighted by Gasteiger charge is -2.07. The maximum absolute atomic E-state index is 12.0. The monoisotopic (exact) mass is 282 g/mol. The van der Waals surface area contributed by atoms with Gasteiger partial charge in [0.1, 0.15) is 17.4 Å². The van der Waals surface area contributed by atoms with E-state index in [9.17, 15) is 10.1 Å². The predicted molar refractivity (Wildman–Crippen MR) is 74.7 cm³/mol. The summed E-state index contributed by atoms with van der Waals surface area (Å²) in [6.07, 6.45) is 0. The molecule has 0 atom stereocenters. The molecule has 0 unspecified atom stereocenters. The number of hydrogen-bond acceptors (Lipinski definition) is 6. The molecule has 0 bridgehead atoms. The summed E-state index contributed by atoms with van der Waals surface area (Å²) in [6.45, 7) is 0. The van der Waals surface area contributed by atoms with Crippen molar-refractivity contribution in [2.24, 2.45) is 0 Å². The largest absolute Gasteiger partial charge is 0.497 e. The molecule has 0 aliphatic rings. The first kappa shape index (κ1) is 12.7. The van der Waals surface area contributed by atoms with Crippen LogP contribution in [0.2, 0.25) is 0 Å². The number of benzene rings is 1. The number of nitrogen functional groups attached to an aromatic ring is 1. The minimum atomic E-state index is -0.539. The quantitative estimate of drug-likeness (QED) is 0.707. The van der Waals surface area contributed by atoms with Crippen LogP contribution in [-0.4, -0.2) is 26.7 Å². The van der Waals surface area contributed by atoms with Gasteiger partial charge in [0, 0.05) is 5.56 Å². The van der Waals surface area contributed by atoms with E-state index in [1.165, 1.54) is 4.52 Å². The minimum Gasteiger partial charge on any atom is -0.497 e. The van der Waals surface area contributed by atoms with Gasteiger partial charge in [-0.1, -0.05) is 0 Å². The van der Waals surface area contributed by atoms with E-state index in [4.69, 9.17) is 10.5 Å². The zero-order valence-corrected chi connectivity index (χ0v) is 11.0. The van der Waals surface area contributed by atoms with Gasteiger partial charge in [0.25, 0.3) is 5.56 Å². The summed E-state index contributed by atoms with van der Waals surface area (Å²) in [7, 11) is 1.55. The van der Waals surface area contributed by atoms with Crippen LogP contribution in [0.1, 0.15) is 5.56 Å². The van der Waals surface area contributed by atoms with Gasteiger partial charge in [0.2, 0.25) is 11.7 Å². The van der Waals surface area contributed by atoms with Crippen molar-refractivity contribution in [1.82, 2.24) is 19.6 Å². The Hall–Kier alpha value is -3.34. The summed E-state index contributed by atoms with van der Waals surface area (Å²) >= 11 is 0. The van der Waals surface area contributed by atoms with Crippen LogP contribution < -0.4 is 16.0 Å². The average Bonchev–Trinajstić information content (AvgIpc) is 2.85. The van der Waals surface area contributed by atoms with E-state index in [1.807, 2.05) is 6.07 Å². The number of H-pyrrole nitrogens is 1. The smallest absolute Gasteiger partial charge is 0.270 e. The topological polar surface area (TPSA) is 122 Å². The summed E-state index contributed by atoms with van der Waals surface area (Å²) in [4.78, 5) is 18.3. The Morgan fingerprint density at radius 1 is 1.38 bits per heavy atom. The third kappa shape index (κ3) is 1.97. The first-order valence-corrected chi connectivity index (χ1v) is 5.97.